The first-order valence-corrected chi connectivity index (χ1v) is 12.3. The average Bonchev–Trinajstić information content (AvgIpc) is 2.91. The molecule has 0 spiro atoms. The molecule has 38 heavy (non-hydrogen) atoms. The van der Waals surface area contributed by atoms with Crippen molar-refractivity contribution in [2.24, 2.45) is 0 Å². The summed E-state index contributed by atoms with van der Waals surface area (Å²) in [6, 6.07) is 9.73. The number of hydrogen-bond donors (Lipinski definition) is 1. The summed E-state index contributed by atoms with van der Waals surface area (Å²) < 4.78 is 33.3. The second-order valence-corrected chi connectivity index (χ2v) is 9.93. The number of ether oxygens (including phenoxy) is 6. The third-order valence-corrected chi connectivity index (χ3v) is 6.54. The van der Waals surface area contributed by atoms with Crippen LogP contribution in [0, 0.1) is 0 Å². The second kappa shape index (κ2) is 11.8. The molecule has 10 heteroatoms. The number of esters is 1. The van der Waals surface area contributed by atoms with Crippen molar-refractivity contribution >= 4 is 12.1 Å². The van der Waals surface area contributed by atoms with Gasteiger partial charge in [-0.2, -0.15) is 0 Å². The van der Waals surface area contributed by atoms with Gasteiger partial charge in [0, 0.05) is 42.9 Å². The van der Waals surface area contributed by atoms with Gasteiger partial charge in [-0.25, -0.2) is 9.59 Å². The van der Waals surface area contributed by atoms with Gasteiger partial charge in [0.15, 0.2) is 0 Å². The average molecular weight is 531 g/mol. The maximum Gasteiger partial charge on any atom is 0.411 e. The van der Waals surface area contributed by atoms with Crippen molar-refractivity contribution in [3.63, 3.8) is 0 Å². The van der Waals surface area contributed by atoms with Gasteiger partial charge in [0.05, 0.1) is 28.4 Å². The molecule has 2 aromatic carbocycles. The summed E-state index contributed by atoms with van der Waals surface area (Å²) in [6.07, 6.45) is -0.624. The molecule has 0 saturated carbocycles. The van der Waals surface area contributed by atoms with Gasteiger partial charge in [0.25, 0.3) is 0 Å². The van der Waals surface area contributed by atoms with E-state index in [1.54, 1.807) is 92.5 Å². The molecule has 1 fully saturated rings. The monoisotopic (exact) mass is 530 g/mol. The summed E-state index contributed by atoms with van der Waals surface area (Å²) in [5, 5.41) is 3.16. The van der Waals surface area contributed by atoms with Crippen LogP contribution in [-0.4, -0.2) is 71.1 Å². The van der Waals surface area contributed by atoms with Gasteiger partial charge in [0.1, 0.15) is 40.2 Å². The highest BCUT2D eigenvalue weighted by atomic mass is 16.6. The summed E-state index contributed by atoms with van der Waals surface area (Å²) >= 11 is 0. The Hall–Kier alpha value is -3.66. The molecule has 0 aromatic heterocycles. The summed E-state index contributed by atoms with van der Waals surface area (Å²) in [5.41, 5.74) is -0.686. The Morgan fingerprint density at radius 2 is 1.16 bits per heavy atom. The maximum atomic E-state index is 13.4. The Labute approximate surface area is 224 Å². The van der Waals surface area contributed by atoms with Crippen molar-refractivity contribution in [2.45, 2.75) is 44.9 Å². The number of rotatable bonds is 9. The van der Waals surface area contributed by atoms with Crippen molar-refractivity contribution in [1.29, 1.82) is 0 Å². The molecular weight excluding hydrogens is 492 g/mol. The van der Waals surface area contributed by atoms with Gasteiger partial charge in [-0.05, 0) is 52.0 Å². The highest BCUT2D eigenvalue weighted by molar-refractivity contribution is 5.82. The summed E-state index contributed by atoms with van der Waals surface area (Å²) in [6.45, 7) is 8.13. The molecule has 208 valence electrons. The fourth-order valence-electron chi connectivity index (χ4n) is 4.16. The molecule has 0 radical (unpaired) electrons. The number of hydrogen-bond acceptors (Lipinski definition) is 9. The van der Waals surface area contributed by atoms with Crippen LogP contribution in [0.3, 0.4) is 0 Å². The molecule has 1 amide bonds. The Bertz CT molecular complexity index is 1010. The fourth-order valence-corrected chi connectivity index (χ4v) is 4.16. The predicted molar refractivity (Wildman–Crippen MR) is 141 cm³/mol. The number of carbonyl (C=O) groups excluding carboxylic acids is 2. The zero-order chi connectivity index (χ0) is 28.1. The summed E-state index contributed by atoms with van der Waals surface area (Å²) in [7, 11) is 6.21. The molecule has 2 aromatic rings. The van der Waals surface area contributed by atoms with Crippen LogP contribution >= 0.6 is 0 Å². The number of nitrogens with zero attached hydrogens (tertiary/aromatic N) is 1. The molecule has 1 atom stereocenters. The zero-order valence-corrected chi connectivity index (χ0v) is 23.4. The smallest absolute Gasteiger partial charge is 0.411 e. The molecule has 1 heterocycles. The molecule has 0 aliphatic carbocycles. The van der Waals surface area contributed by atoms with Crippen LogP contribution in [0.2, 0.25) is 0 Å². The third-order valence-electron chi connectivity index (χ3n) is 6.54. The Morgan fingerprint density at radius 3 is 1.58 bits per heavy atom. The topological polar surface area (TPSA) is 105 Å². The van der Waals surface area contributed by atoms with Crippen LogP contribution in [-0.2, 0) is 25.5 Å². The van der Waals surface area contributed by atoms with Crippen molar-refractivity contribution in [3.05, 3.63) is 47.5 Å². The van der Waals surface area contributed by atoms with Gasteiger partial charge in [-0.1, -0.05) is 0 Å². The van der Waals surface area contributed by atoms with E-state index in [2.05, 4.69) is 5.32 Å². The van der Waals surface area contributed by atoms with Crippen LogP contribution in [0.4, 0.5) is 4.79 Å². The minimum atomic E-state index is -1.03. The van der Waals surface area contributed by atoms with Crippen LogP contribution in [0.1, 0.15) is 38.8 Å². The predicted octanol–water partition coefficient (Wildman–Crippen LogP) is 3.85. The number of piperazine rings is 1. The summed E-state index contributed by atoms with van der Waals surface area (Å²) in [4.78, 5) is 28.2. The van der Waals surface area contributed by atoms with Gasteiger partial charge < -0.3 is 33.7 Å². The molecular formula is C28H38N2O8. The Kier molecular flexibility index (Phi) is 8.98. The van der Waals surface area contributed by atoms with Crippen LogP contribution in [0.5, 0.6) is 23.0 Å². The lowest BCUT2D eigenvalue weighted by molar-refractivity contribution is -0.164. The first-order valence-electron chi connectivity index (χ1n) is 12.3. The number of benzene rings is 2. The van der Waals surface area contributed by atoms with E-state index in [0.717, 1.165) is 0 Å². The normalized spacial score (nSPS) is 15.9. The minimum absolute atomic E-state index is 0.235. The van der Waals surface area contributed by atoms with Gasteiger partial charge in [0.2, 0.25) is 0 Å². The van der Waals surface area contributed by atoms with Crippen molar-refractivity contribution in [2.75, 3.05) is 48.1 Å². The van der Waals surface area contributed by atoms with Crippen molar-refractivity contribution in [3.8, 4) is 23.0 Å². The van der Waals surface area contributed by atoms with E-state index in [4.69, 9.17) is 28.4 Å². The largest absolute Gasteiger partial charge is 0.497 e. The first kappa shape index (κ1) is 28.9. The minimum Gasteiger partial charge on any atom is -0.497 e. The number of nitrogens with one attached hydrogen (secondary N) is 1. The van der Waals surface area contributed by atoms with E-state index in [1.807, 2.05) is 0 Å². The SMILES string of the molecule is COc1cc(OC)cc(C(C)(C)OC(=O)C2CNCCN2C(=O)OC(C)(C)c2cc(OC)cc(OC)c2)c1. The number of carbonyl (C=O) groups is 2. The molecule has 3 rings (SSSR count). The Morgan fingerprint density at radius 1 is 0.737 bits per heavy atom. The van der Waals surface area contributed by atoms with E-state index in [9.17, 15) is 9.59 Å². The molecule has 1 unspecified atom stereocenters. The summed E-state index contributed by atoms with van der Waals surface area (Å²) in [5.74, 6) is 1.74. The molecule has 1 aliphatic heterocycles. The van der Waals surface area contributed by atoms with Crippen molar-refractivity contribution < 1.29 is 38.0 Å². The van der Waals surface area contributed by atoms with Crippen molar-refractivity contribution in [1.82, 2.24) is 10.2 Å². The highest BCUT2D eigenvalue weighted by Gasteiger charge is 2.40. The Balaban J connectivity index is 1.80. The molecule has 1 aliphatic rings. The lowest BCUT2D eigenvalue weighted by Gasteiger charge is -2.38. The zero-order valence-electron chi connectivity index (χ0n) is 23.4. The fraction of sp³-hybridized carbons (Fsp3) is 0.500. The molecule has 10 nitrogen and oxygen atoms in total. The van der Waals surface area contributed by atoms with E-state index < -0.39 is 29.3 Å². The van der Waals surface area contributed by atoms with E-state index in [0.29, 0.717) is 40.7 Å². The van der Waals surface area contributed by atoms with Crippen LogP contribution < -0.4 is 24.3 Å². The van der Waals surface area contributed by atoms with Gasteiger partial charge in [-0.3, -0.25) is 4.90 Å². The molecule has 0 bridgehead atoms. The maximum absolute atomic E-state index is 13.4. The highest BCUT2D eigenvalue weighted by Crippen LogP contribution is 2.34. The quantitative estimate of drug-likeness (QED) is 0.484. The lowest BCUT2D eigenvalue weighted by Crippen LogP contribution is -2.58. The van der Waals surface area contributed by atoms with E-state index in [-0.39, 0.29) is 13.1 Å². The lowest BCUT2D eigenvalue weighted by atomic mass is 9.97. The molecule has 1 saturated heterocycles. The van der Waals surface area contributed by atoms with Gasteiger partial charge >= 0.3 is 12.1 Å². The van der Waals surface area contributed by atoms with E-state index in [1.165, 1.54) is 4.90 Å². The second-order valence-electron chi connectivity index (χ2n) is 9.93. The van der Waals surface area contributed by atoms with Crippen LogP contribution in [0.15, 0.2) is 36.4 Å². The third kappa shape index (κ3) is 6.61. The number of methoxy groups -OCH3 is 4. The van der Waals surface area contributed by atoms with E-state index >= 15 is 0 Å². The van der Waals surface area contributed by atoms with Crippen LogP contribution in [0.25, 0.3) is 0 Å². The number of amides is 1. The van der Waals surface area contributed by atoms with Gasteiger partial charge in [-0.15, -0.1) is 0 Å². The molecule has 1 N–H and O–H groups in total. The standard InChI is InChI=1S/C28H38N2O8/c1-27(2,18-11-20(33-5)15-21(12-18)34-6)37-25(31)24-17-29-9-10-30(24)26(32)38-28(3,4)19-13-22(35-7)16-23(14-19)36-8/h11-16,24,29H,9-10,17H2,1-8H3. The first-order chi connectivity index (χ1) is 17.9.